The van der Waals surface area contributed by atoms with Crippen molar-refractivity contribution in [1.82, 2.24) is 4.90 Å². The molecule has 16 heavy (non-hydrogen) atoms. The van der Waals surface area contributed by atoms with Gasteiger partial charge in [-0.15, -0.1) is 0 Å². The second-order valence-electron chi connectivity index (χ2n) is 4.36. The molecule has 0 saturated carbocycles. The minimum Gasteiger partial charge on any atom is -0.484 e. The van der Waals surface area contributed by atoms with Crippen LogP contribution in [0.25, 0.3) is 0 Å². The minimum atomic E-state index is -0.0134. The van der Waals surface area contributed by atoms with Crippen molar-refractivity contribution in [2.45, 2.75) is 19.3 Å². The van der Waals surface area contributed by atoms with E-state index in [-0.39, 0.29) is 12.5 Å². The molecule has 0 atom stereocenters. The molecule has 0 spiro atoms. The van der Waals surface area contributed by atoms with E-state index in [1.54, 1.807) is 14.1 Å². The molecule has 3 heteroatoms. The van der Waals surface area contributed by atoms with Gasteiger partial charge in [0.25, 0.3) is 5.91 Å². The molecule has 1 aromatic carbocycles. The summed E-state index contributed by atoms with van der Waals surface area (Å²) in [6.07, 6.45) is 3.54. The van der Waals surface area contributed by atoms with Crippen molar-refractivity contribution in [2.24, 2.45) is 0 Å². The van der Waals surface area contributed by atoms with Crippen molar-refractivity contribution >= 4 is 5.91 Å². The number of rotatable bonds is 3. The van der Waals surface area contributed by atoms with E-state index < -0.39 is 0 Å². The van der Waals surface area contributed by atoms with Crippen molar-refractivity contribution in [1.29, 1.82) is 0 Å². The van der Waals surface area contributed by atoms with E-state index in [1.165, 1.54) is 28.9 Å². The first-order valence-electron chi connectivity index (χ1n) is 5.61. The Kier molecular flexibility index (Phi) is 3.13. The van der Waals surface area contributed by atoms with E-state index in [1.807, 2.05) is 6.07 Å². The molecule has 0 N–H and O–H groups in total. The maximum atomic E-state index is 11.4. The lowest BCUT2D eigenvalue weighted by Gasteiger charge is -2.12. The third-order valence-electron chi connectivity index (χ3n) is 2.93. The molecule has 1 amide bonds. The van der Waals surface area contributed by atoms with Gasteiger partial charge in [0.05, 0.1) is 0 Å². The number of nitrogens with zero attached hydrogens (tertiary/aromatic N) is 1. The van der Waals surface area contributed by atoms with E-state index in [0.29, 0.717) is 0 Å². The maximum absolute atomic E-state index is 11.4. The number of fused-ring (bicyclic) bond motifs is 1. The molecule has 0 radical (unpaired) electrons. The molecule has 0 fully saturated rings. The van der Waals surface area contributed by atoms with Gasteiger partial charge in [-0.2, -0.15) is 0 Å². The van der Waals surface area contributed by atoms with Gasteiger partial charge >= 0.3 is 0 Å². The highest BCUT2D eigenvalue weighted by molar-refractivity contribution is 5.77. The SMILES string of the molecule is CN(C)C(=O)COc1ccc2c(c1)CCC2. The first-order chi connectivity index (χ1) is 7.66. The number of aryl methyl sites for hydroxylation is 2. The standard InChI is InChI=1S/C13H17NO2/c1-14(2)13(15)9-16-12-7-6-10-4-3-5-11(10)8-12/h6-8H,3-5,9H2,1-2H3. The fourth-order valence-corrected chi connectivity index (χ4v) is 1.91. The van der Waals surface area contributed by atoms with Crippen LogP contribution in [-0.2, 0) is 17.6 Å². The summed E-state index contributed by atoms with van der Waals surface area (Å²) in [6.45, 7) is 0.117. The van der Waals surface area contributed by atoms with Crippen molar-refractivity contribution in [3.63, 3.8) is 0 Å². The molecule has 0 bridgehead atoms. The molecular formula is C13H17NO2. The number of amides is 1. The number of hydrogen-bond acceptors (Lipinski definition) is 2. The Bertz CT molecular complexity index is 399. The zero-order chi connectivity index (χ0) is 11.5. The highest BCUT2D eigenvalue weighted by Gasteiger charge is 2.12. The van der Waals surface area contributed by atoms with Crippen LogP contribution < -0.4 is 4.74 Å². The molecule has 0 heterocycles. The Hall–Kier alpha value is -1.51. The summed E-state index contributed by atoms with van der Waals surface area (Å²) in [6, 6.07) is 6.12. The van der Waals surface area contributed by atoms with Gasteiger partial charge in [-0.05, 0) is 42.5 Å². The number of hydrogen-bond donors (Lipinski definition) is 0. The van der Waals surface area contributed by atoms with E-state index in [4.69, 9.17) is 4.74 Å². The summed E-state index contributed by atoms with van der Waals surface area (Å²) in [7, 11) is 3.46. The number of ether oxygens (including phenoxy) is 1. The predicted molar refractivity (Wildman–Crippen MR) is 62.7 cm³/mol. The number of likely N-dealkylation sites (N-methyl/N-ethyl adjacent to an activating group) is 1. The van der Waals surface area contributed by atoms with E-state index >= 15 is 0 Å². The first kappa shape index (κ1) is 11.0. The van der Waals surface area contributed by atoms with E-state index in [2.05, 4.69) is 12.1 Å². The summed E-state index contributed by atoms with van der Waals surface area (Å²) in [5.74, 6) is 0.788. The average Bonchev–Trinajstić information content (AvgIpc) is 2.72. The van der Waals surface area contributed by atoms with E-state index in [0.717, 1.165) is 12.2 Å². The topological polar surface area (TPSA) is 29.5 Å². The van der Waals surface area contributed by atoms with Gasteiger partial charge in [-0.1, -0.05) is 6.07 Å². The molecule has 1 aliphatic rings. The van der Waals surface area contributed by atoms with Gasteiger partial charge in [0.2, 0.25) is 0 Å². The Morgan fingerprint density at radius 2 is 2.06 bits per heavy atom. The number of carbonyl (C=O) groups is 1. The van der Waals surface area contributed by atoms with Gasteiger partial charge in [-0.25, -0.2) is 0 Å². The Balaban J connectivity index is 1.98. The fraction of sp³-hybridized carbons (Fsp3) is 0.462. The lowest BCUT2D eigenvalue weighted by molar-refractivity contribution is -0.130. The van der Waals surface area contributed by atoms with Crippen LogP contribution in [0.3, 0.4) is 0 Å². The van der Waals surface area contributed by atoms with Crippen LogP contribution in [0.4, 0.5) is 0 Å². The van der Waals surface area contributed by atoms with Crippen LogP contribution in [0.1, 0.15) is 17.5 Å². The van der Waals surface area contributed by atoms with Crippen molar-refractivity contribution < 1.29 is 9.53 Å². The molecule has 0 aromatic heterocycles. The van der Waals surface area contributed by atoms with Crippen molar-refractivity contribution in [3.8, 4) is 5.75 Å². The quantitative estimate of drug-likeness (QED) is 0.773. The van der Waals surface area contributed by atoms with Gasteiger partial charge in [0.15, 0.2) is 6.61 Å². The van der Waals surface area contributed by atoms with Crippen LogP contribution >= 0.6 is 0 Å². The Labute approximate surface area is 96.0 Å². The van der Waals surface area contributed by atoms with Gasteiger partial charge in [0, 0.05) is 14.1 Å². The Morgan fingerprint density at radius 1 is 1.31 bits per heavy atom. The van der Waals surface area contributed by atoms with Crippen LogP contribution in [-0.4, -0.2) is 31.5 Å². The zero-order valence-electron chi connectivity index (χ0n) is 9.82. The summed E-state index contributed by atoms with van der Waals surface area (Å²) in [5.41, 5.74) is 2.79. The third kappa shape index (κ3) is 2.35. The van der Waals surface area contributed by atoms with Gasteiger partial charge in [-0.3, -0.25) is 4.79 Å². The van der Waals surface area contributed by atoms with Gasteiger partial charge in [0.1, 0.15) is 5.75 Å². The largest absolute Gasteiger partial charge is 0.484 e. The predicted octanol–water partition coefficient (Wildman–Crippen LogP) is 1.64. The number of carbonyl (C=O) groups excluding carboxylic acids is 1. The molecule has 1 aliphatic carbocycles. The summed E-state index contributed by atoms with van der Waals surface area (Å²) >= 11 is 0. The summed E-state index contributed by atoms with van der Waals surface area (Å²) in [5, 5.41) is 0. The molecular weight excluding hydrogens is 202 g/mol. The highest BCUT2D eigenvalue weighted by Crippen LogP contribution is 2.25. The van der Waals surface area contributed by atoms with Crippen molar-refractivity contribution in [2.75, 3.05) is 20.7 Å². The smallest absolute Gasteiger partial charge is 0.259 e. The van der Waals surface area contributed by atoms with Crippen LogP contribution in [0.2, 0.25) is 0 Å². The molecule has 0 unspecified atom stereocenters. The third-order valence-corrected chi connectivity index (χ3v) is 2.93. The second-order valence-corrected chi connectivity index (χ2v) is 4.36. The molecule has 0 saturated heterocycles. The van der Waals surface area contributed by atoms with Crippen LogP contribution in [0.5, 0.6) is 5.75 Å². The average molecular weight is 219 g/mol. The highest BCUT2D eigenvalue weighted by atomic mass is 16.5. The number of benzene rings is 1. The van der Waals surface area contributed by atoms with Gasteiger partial charge < -0.3 is 9.64 Å². The molecule has 0 aliphatic heterocycles. The lowest BCUT2D eigenvalue weighted by Crippen LogP contribution is -2.27. The molecule has 3 nitrogen and oxygen atoms in total. The summed E-state index contributed by atoms with van der Waals surface area (Å²) < 4.78 is 5.46. The first-order valence-corrected chi connectivity index (χ1v) is 5.61. The monoisotopic (exact) mass is 219 g/mol. The normalized spacial score (nSPS) is 13.4. The minimum absolute atomic E-state index is 0.0134. The van der Waals surface area contributed by atoms with Crippen molar-refractivity contribution in [3.05, 3.63) is 29.3 Å². The second kappa shape index (κ2) is 4.56. The zero-order valence-corrected chi connectivity index (χ0v) is 9.82. The molecule has 2 rings (SSSR count). The lowest BCUT2D eigenvalue weighted by atomic mass is 10.1. The van der Waals surface area contributed by atoms with Crippen LogP contribution in [0, 0.1) is 0 Å². The van der Waals surface area contributed by atoms with Crippen LogP contribution in [0.15, 0.2) is 18.2 Å². The summed E-state index contributed by atoms with van der Waals surface area (Å²) in [4.78, 5) is 12.9. The molecule has 86 valence electrons. The Morgan fingerprint density at radius 3 is 2.81 bits per heavy atom. The maximum Gasteiger partial charge on any atom is 0.259 e. The fourth-order valence-electron chi connectivity index (χ4n) is 1.91. The van der Waals surface area contributed by atoms with E-state index in [9.17, 15) is 4.79 Å². The molecule has 1 aromatic rings.